The Morgan fingerprint density at radius 1 is 1.00 bits per heavy atom. The number of rotatable bonds is 4. The molecule has 4 heteroatoms. The van der Waals surface area contributed by atoms with Crippen molar-refractivity contribution >= 4 is 28.3 Å². The highest BCUT2D eigenvalue weighted by atomic mass is 79.9. The van der Waals surface area contributed by atoms with Gasteiger partial charge < -0.3 is 10.5 Å². The van der Waals surface area contributed by atoms with Gasteiger partial charge in [-0.05, 0) is 29.3 Å². The first kappa shape index (κ1) is 15.0. The van der Waals surface area contributed by atoms with Gasteiger partial charge in [-0.15, -0.1) is 12.4 Å². The van der Waals surface area contributed by atoms with Crippen LogP contribution in [0.15, 0.2) is 53.0 Å². The third kappa shape index (κ3) is 4.33. The maximum atomic E-state index is 5.73. The second-order valence-corrected chi connectivity index (χ2v) is 4.69. The molecule has 0 aliphatic carbocycles. The Kier molecular flexibility index (Phi) is 6.19. The molecule has 0 saturated heterocycles. The van der Waals surface area contributed by atoms with Crippen LogP contribution in [0.1, 0.15) is 11.1 Å². The lowest BCUT2D eigenvalue weighted by molar-refractivity contribution is 0.305. The summed E-state index contributed by atoms with van der Waals surface area (Å²) in [5.41, 5.74) is 7.83. The molecule has 0 heterocycles. The van der Waals surface area contributed by atoms with Crippen LogP contribution in [0.4, 0.5) is 0 Å². The molecule has 0 aromatic heterocycles. The van der Waals surface area contributed by atoms with E-state index in [1.165, 1.54) is 0 Å². The lowest BCUT2D eigenvalue weighted by atomic mass is 10.2. The van der Waals surface area contributed by atoms with E-state index in [1.54, 1.807) is 0 Å². The fourth-order valence-electron chi connectivity index (χ4n) is 1.56. The highest BCUT2D eigenvalue weighted by molar-refractivity contribution is 9.10. The molecule has 0 radical (unpaired) electrons. The Hall–Kier alpha value is -1.03. The summed E-state index contributed by atoms with van der Waals surface area (Å²) in [5, 5.41) is 0. The quantitative estimate of drug-likeness (QED) is 0.923. The summed E-state index contributed by atoms with van der Waals surface area (Å²) >= 11 is 3.44. The Bertz CT molecular complexity index is 490. The largest absolute Gasteiger partial charge is 0.489 e. The summed E-state index contributed by atoms with van der Waals surface area (Å²) in [5.74, 6) is 0.837. The number of ether oxygens (including phenoxy) is 1. The van der Waals surface area contributed by atoms with Gasteiger partial charge in [0.25, 0.3) is 0 Å². The maximum absolute atomic E-state index is 5.73. The van der Waals surface area contributed by atoms with Gasteiger partial charge in [0.2, 0.25) is 0 Å². The van der Waals surface area contributed by atoms with E-state index in [0.717, 1.165) is 21.3 Å². The minimum atomic E-state index is 0. The van der Waals surface area contributed by atoms with Crippen LogP contribution in [0, 0.1) is 0 Å². The molecule has 0 atom stereocenters. The molecule has 2 rings (SSSR count). The summed E-state index contributed by atoms with van der Waals surface area (Å²) in [4.78, 5) is 0. The fraction of sp³-hybridized carbons (Fsp3) is 0.143. The number of hydrogen-bond acceptors (Lipinski definition) is 2. The molecule has 2 nitrogen and oxygen atoms in total. The summed E-state index contributed by atoms with van der Waals surface area (Å²) < 4.78 is 6.72. The highest BCUT2D eigenvalue weighted by Crippen LogP contribution is 2.22. The van der Waals surface area contributed by atoms with Crippen molar-refractivity contribution in [1.29, 1.82) is 0 Å². The van der Waals surface area contributed by atoms with E-state index in [-0.39, 0.29) is 12.4 Å². The summed E-state index contributed by atoms with van der Waals surface area (Å²) in [6.45, 7) is 1.09. The standard InChI is InChI=1S/C14H14BrNO.ClH/c15-13-6-12(9-16)7-14(8-13)17-10-11-4-2-1-3-5-11;/h1-8H,9-10,16H2;1H. The molecule has 2 aromatic rings. The fourth-order valence-corrected chi connectivity index (χ4v) is 2.08. The van der Waals surface area contributed by atoms with Crippen molar-refractivity contribution in [3.05, 3.63) is 64.1 Å². The second-order valence-electron chi connectivity index (χ2n) is 3.77. The molecule has 96 valence electrons. The van der Waals surface area contributed by atoms with Crippen LogP contribution >= 0.6 is 28.3 Å². The van der Waals surface area contributed by atoms with E-state index in [2.05, 4.69) is 15.9 Å². The van der Waals surface area contributed by atoms with Crippen molar-refractivity contribution in [1.82, 2.24) is 0 Å². The van der Waals surface area contributed by atoms with Crippen molar-refractivity contribution in [3.63, 3.8) is 0 Å². The number of halogens is 2. The van der Waals surface area contributed by atoms with E-state index in [1.807, 2.05) is 48.5 Å². The van der Waals surface area contributed by atoms with Gasteiger partial charge in [-0.3, -0.25) is 0 Å². The van der Waals surface area contributed by atoms with Crippen LogP contribution in [-0.2, 0) is 13.2 Å². The van der Waals surface area contributed by atoms with E-state index in [4.69, 9.17) is 10.5 Å². The Balaban J connectivity index is 0.00000162. The molecule has 0 amide bonds. The van der Waals surface area contributed by atoms with E-state index in [9.17, 15) is 0 Å². The van der Waals surface area contributed by atoms with Crippen molar-refractivity contribution in [2.45, 2.75) is 13.2 Å². The Labute approximate surface area is 122 Å². The molecule has 18 heavy (non-hydrogen) atoms. The normalized spacial score (nSPS) is 9.67. The average molecular weight is 329 g/mol. The molecule has 0 fully saturated rings. The zero-order valence-electron chi connectivity index (χ0n) is 9.80. The monoisotopic (exact) mass is 327 g/mol. The van der Waals surface area contributed by atoms with Gasteiger partial charge in [0.1, 0.15) is 12.4 Å². The minimum absolute atomic E-state index is 0. The Morgan fingerprint density at radius 2 is 1.72 bits per heavy atom. The van der Waals surface area contributed by atoms with Gasteiger partial charge in [0, 0.05) is 11.0 Å². The summed E-state index contributed by atoms with van der Waals surface area (Å²) in [6.07, 6.45) is 0. The molecule has 0 aliphatic rings. The molecule has 0 saturated carbocycles. The maximum Gasteiger partial charge on any atom is 0.121 e. The topological polar surface area (TPSA) is 35.2 Å². The Morgan fingerprint density at radius 3 is 2.39 bits per heavy atom. The zero-order valence-corrected chi connectivity index (χ0v) is 12.2. The van der Waals surface area contributed by atoms with Crippen LogP contribution in [0.2, 0.25) is 0 Å². The SMILES string of the molecule is Cl.NCc1cc(Br)cc(OCc2ccccc2)c1. The first-order chi connectivity index (χ1) is 8.28. The summed E-state index contributed by atoms with van der Waals surface area (Å²) in [6, 6.07) is 16.0. The van der Waals surface area contributed by atoms with Gasteiger partial charge in [-0.25, -0.2) is 0 Å². The molecule has 0 bridgehead atoms. The molecule has 0 unspecified atom stereocenters. The van der Waals surface area contributed by atoms with E-state index >= 15 is 0 Å². The predicted octanol–water partition coefficient (Wildman–Crippen LogP) is 3.91. The van der Waals surface area contributed by atoms with Crippen molar-refractivity contribution < 1.29 is 4.74 Å². The molecular weight excluding hydrogens is 314 g/mol. The first-order valence-corrected chi connectivity index (χ1v) is 6.23. The van der Waals surface area contributed by atoms with Crippen molar-refractivity contribution in [2.24, 2.45) is 5.73 Å². The number of benzene rings is 2. The van der Waals surface area contributed by atoms with Gasteiger partial charge in [-0.2, -0.15) is 0 Å². The second kappa shape index (κ2) is 7.41. The van der Waals surface area contributed by atoms with Crippen LogP contribution < -0.4 is 10.5 Å². The van der Waals surface area contributed by atoms with Crippen LogP contribution in [-0.4, -0.2) is 0 Å². The molecule has 0 spiro atoms. The predicted molar refractivity (Wildman–Crippen MR) is 80.1 cm³/mol. The van der Waals surface area contributed by atoms with Crippen LogP contribution in [0.5, 0.6) is 5.75 Å². The minimum Gasteiger partial charge on any atom is -0.489 e. The highest BCUT2D eigenvalue weighted by Gasteiger charge is 2.00. The van der Waals surface area contributed by atoms with E-state index < -0.39 is 0 Å². The third-order valence-corrected chi connectivity index (χ3v) is 2.87. The van der Waals surface area contributed by atoms with Gasteiger partial charge in [0.15, 0.2) is 0 Å². The van der Waals surface area contributed by atoms with Gasteiger partial charge in [-0.1, -0.05) is 46.3 Å². The van der Waals surface area contributed by atoms with Gasteiger partial charge >= 0.3 is 0 Å². The van der Waals surface area contributed by atoms with Gasteiger partial charge in [0.05, 0.1) is 0 Å². The molecule has 2 aromatic carbocycles. The first-order valence-electron chi connectivity index (χ1n) is 5.44. The van der Waals surface area contributed by atoms with Crippen molar-refractivity contribution in [2.75, 3.05) is 0 Å². The lowest BCUT2D eigenvalue weighted by Gasteiger charge is -2.08. The number of nitrogens with two attached hydrogens (primary N) is 1. The lowest BCUT2D eigenvalue weighted by Crippen LogP contribution is -1.99. The molecular formula is C14H15BrClNO. The zero-order chi connectivity index (χ0) is 12.1. The third-order valence-electron chi connectivity index (χ3n) is 2.42. The summed E-state index contributed by atoms with van der Waals surface area (Å²) in [7, 11) is 0. The van der Waals surface area contributed by atoms with Crippen LogP contribution in [0.25, 0.3) is 0 Å². The number of hydrogen-bond donors (Lipinski definition) is 1. The van der Waals surface area contributed by atoms with Crippen molar-refractivity contribution in [3.8, 4) is 5.75 Å². The smallest absolute Gasteiger partial charge is 0.121 e. The average Bonchev–Trinajstić information content (AvgIpc) is 2.37. The molecule has 0 aliphatic heterocycles. The van der Waals surface area contributed by atoms with Crippen LogP contribution in [0.3, 0.4) is 0 Å². The van der Waals surface area contributed by atoms with E-state index in [0.29, 0.717) is 13.2 Å². The molecule has 2 N–H and O–H groups in total.